The van der Waals surface area contributed by atoms with Gasteiger partial charge in [0.2, 0.25) is 0 Å². The Balaban J connectivity index is 1.86. The van der Waals surface area contributed by atoms with Crippen LogP contribution in [0.15, 0.2) is 16.8 Å². The van der Waals surface area contributed by atoms with Crippen molar-refractivity contribution in [3.8, 4) is 0 Å². The molecule has 1 aliphatic heterocycles. The number of thiophene rings is 1. The van der Waals surface area contributed by atoms with Crippen molar-refractivity contribution in [2.75, 3.05) is 13.1 Å². The fourth-order valence-corrected chi connectivity index (χ4v) is 3.20. The molecule has 1 fully saturated rings. The number of likely N-dealkylation sites (tertiary alicyclic amines) is 1. The topological polar surface area (TPSA) is 29.3 Å². The van der Waals surface area contributed by atoms with Crippen molar-refractivity contribution in [1.29, 1.82) is 0 Å². The van der Waals surface area contributed by atoms with Gasteiger partial charge in [-0.05, 0) is 54.6 Å². The predicted octanol–water partition coefficient (Wildman–Crippen LogP) is 2.35. The van der Waals surface area contributed by atoms with Crippen LogP contribution in [0.2, 0.25) is 0 Å². The van der Waals surface area contributed by atoms with Crippen LogP contribution in [-0.2, 0) is 6.42 Å². The first kappa shape index (κ1) is 12.1. The van der Waals surface area contributed by atoms with E-state index in [0.717, 1.165) is 13.0 Å². The molecule has 0 saturated carbocycles. The zero-order chi connectivity index (χ0) is 11.5. The molecule has 1 saturated heterocycles. The van der Waals surface area contributed by atoms with Gasteiger partial charge in [-0.25, -0.2) is 0 Å². The lowest BCUT2D eigenvalue weighted by Crippen LogP contribution is -2.52. The highest BCUT2D eigenvalue weighted by Gasteiger charge is 2.29. The minimum Gasteiger partial charge on any atom is -0.327 e. The summed E-state index contributed by atoms with van der Waals surface area (Å²) >= 11 is 1.79. The van der Waals surface area contributed by atoms with Crippen LogP contribution >= 0.6 is 11.3 Å². The van der Waals surface area contributed by atoms with E-state index in [2.05, 4.69) is 35.6 Å². The first-order chi connectivity index (χ1) is 7.68. The van der Waals surface area contributed by atoms with Crippen molar-refractivity contribution in [1.82, 2.24) is 4.90 Å². The summed E-state index contributed by atoms with van der Waals surface area (Å²) in [5, 5.41) is 4.41. The molecule has 1 aromatic heterocycles. The Hall–Kier alpha value is -0.380. The molecule has 0 spiro atoms. The van der Waals surface area contributed by atoms with Gasteiger partial charge in [-0.2, -0.15) is 11.3 Å². The minimum atomic E-state index is 0.396. The second-order valence-electron chi connectivity index (χ2n) is 4.97. The minimum absolute atomic E-state index is 0.396. The van der Waals surface area contributed by atoms with Gasteiger partial charge in [0.05, 0.1) is 0 Å². The van der Waals surface area contributed by atoms with Crippen molar-refractivity contribution in [3.63, 3.8) is 0 Å². The van der Waals surface area contributed by atoms with Crippen molar-refractivity contribution >= 4 is 11.3 Å². The Bertz CT molecular complexity index is 310. The first-order valence-electron chi connectivity index (χ1n) is 6.19. The summed E-state index contributed by atoms with van der Waals surface area (Å²) in [5.41, 5.74) is 7.57. The third-order valence-electron chi connectivity index (χ3n) is 4.03. The fraction of sp³-hybridized carbons (Fsp3) is 0.692. The van der Waals surface area contributed by atoms with Gasteiger partial charge < -0.3 is 5.73 Å². The van der Waals surface area contributed by atoms with Crippen LogP contribution in [0, 0.1) is 5.92 Å². The third-order valence-corrected chi connectivity index (χ3v) is 4.76. The van der Waals surface area contributed by atoms with Crippen LogP contribution in [0.1, 0.15) is 25.8 Å². The number of piperidine rings is 1. The van der Waals surface area contributed by atoms with Gasteiger partial charge in [0.25, 0.3) is 0 Å². The van der Waals surface area contributed by atoms with Crippen molar-refractivity contribution in [2.45, 2.75) is 38.8 Å². The Kier molecular flexibility index (Phi) is 4.00. The molecule has 0 radical (unpaired) electrons. The molecule has 90 valence electrons. The number of rotatable bonds is 3. The number of hydrogen-bond donors (Lipinski definition) is 1. The highest BCUT2D eigenvalue weighted by molar-refractivity contribution is 7.07. The van der Waals surface area contributed by atoms with Gasteiger partial charge in [-0.1, -0.05) is 6.92 Å². The summed E-state index contributed by atoms with van der Waals surface area (Å²) in [4.78, 5) is 2.59. The standard InChI is InChI=1S/C13H22N2S/c1-10-11(2)15(7-4-13(10)14)6-3-12-5-8-16-9-12/h5,8-11,13H,3-4,6-7,14H2,1-2H3. The molecule has 3 atom stereocenters. The molecular weight excluding hydrogens is 216 g/mol. The maximum Gasteiger partial charge on any atom is 0.0107 e. The number of nitrogens with zero attached hydrogens (tertiary/aromatic N) is 1. The smallest absolute Gasteiger partial charge is 0.0107 e. The van der Waals surface area contributed by atoms with Crippen molar-refractivity contribution in [2.24, 2.45) is 11.7 Å². The molecule has 1 aromatic rings. The summed E-state index contributed by atoms with van der Waals surface area (Å²) in [7, 11) is 0. The second kappa shape index (κ2) is 5.30. The lowest BCUT2D eigenvalue weighted by Gasteiger charge is -2.41. The number of hydrogen-bond acceptors (Lipinski definition) is 3. The summed E-state index contributed by atoms with van der Waals surface area (Å²) in [6.45, 7) is 6.94. The van der Waals surface area contributed by atoms with Gasteiger partial charge in [0.1, 0.15) is 0 Å². The van der Waals surface area contributed by atoms with Crippen LogP contribution in [0.25, 0.3) is 0 Å². The van der Waals surface area contributed by atoms with Crippen LogP contribution < -0.4 is 5.73 Å². The Morgan fingerprint density at radius 2 is 2.31 bits per heavy atom. The van der Waals surface area contributed by atoms with Crippen molar-refractivity contribution < 1.29 is 0 Å². The second-order valence-corrected chi connectivity index (χ2v) is 5.75. The molecule has 2 nitrogen and oxygen atoms in total. The zero-order valence-electron chi connectivity index (χ0n) is 10.2. The van der Waals surface area contributed by atoms with Crippen LogP contribution in [-0.4, -0.2) is 30.1 Å². The lowest BCUT2D eigenvalue weighted by atomic mass is 9.87. The highest BCUT2D eigenvalue weighted by atomic mass is 32.1. The summed E-state index contributed by atoms with van der Waals surface area (Å²) < 4.78 is 0. The van der Waals surface area contributed by atoms with E-state index in [4.69, 9.17) is 5.73 Å². The van der Waals surface area contributed by atoms with E-state index in [1.807, 2.05) is 0 Å². The largest absolute Gasteiger partial charge is 0.327 e. The molecule has 0 bridgehead atoms. The molecule has 0 amide bonds. The summed E-state index contributed by atoms with van der Waals surface area (Å²) in [5.74, 6) is 0.622. The van der Waals surface area contributed by atoms with E-state index >= 15 is 0 Å². The quantitative estimate of drug-likeness (QED) is 0.876. The Labute approximate surface area is 102 Å². The van der Waals surface area contributed by atoms with Crippen LogP contribution in [0.3, 0.4) is 0 Å². The molecular formula is C13H22N2S. The molecule has 3 unspecified atom stereocenters. The predicted molar refractivity (Wildman–Crippen MR) is 70.8 cm³/mol. The van der Waals surface area contributed by atoms with E-state index in [9.17, 15) is 0 Å². The molecule has 16 heavy (non-hydrogen) atoms. The molecule has 3 heteroatoms. The van der Waals surface area contributed by atoms with Gasteiger partial charge in [-0.3, -0.25) is 4.90 Å². The van der Waals surface area contributed by atoms with Gasteiger partial charge in [-0.15, -0.1) is 0 Å². The maximum absolute atomic E-state index is 6.10. The zero-order valence-corrected chi connectivity index (χ0v) is 11.0. The van der Waals surface area contributed by atoms with E-state index in [0.29, 0.717) is 18.0 Å². The average molecular weight is 238 g/mol. The van der Waals surface area contributed by atoms with E-state index in [1.165, 1.54) is 18.5 Å². The lowest BCUT2D eigenvalue weighted by molar-refractivity contribution is 0.0993. The van der Waals surface area contributed by atoms with E-state index in [1.54, 1.807) is 11.3 Å². The molecule has 0 aliphatic carbocycles. The Morgan fingerprint density at radius 3 is 3.00 bits per heavy atom. The molecule has 2 heterocycles. The summed E-state index contributed by atoms with van der Waals surface area (Å²) in [6, 6.07) is 3.25. The van der Waals surface area contributed by atoms with E-state index in [-0.39, 0.29) is 0 Å². The molecule has 2 rings (SSSR count). The average Bonchev–Trinajstić information content (AvgIpc) is 2.78. The van der Waals surface area contributed by atoms with Crippen molar-refractivity contribution in [3.05, 3.63) is 22.4 Å². The molecule has 2 N–H and O–H groups in total. The van der Waals surface area contributed by atoms with Gasteiger partial charge >= 0.3 is 0 Å². The number of nitrogens with two attached hydrogens (primary N) is 1. The third kappa shape index (κ3) is 2.65. The molecule has 1 aliphatic rings. The van der Waals surface area contributed by atoms with Crippen LogP contribution in [0.4, 0.5) is 0 Å². The van der Waals surface area contributed by atoms with Gasteiger partial charge in [0, 0.05) is 18.6 Å². The first-order valence-corrected chi connectivity index (χ1v) is 7.13. The fourth-order valence-electron chi connectivity index (χ4n) is 2.49. The summed E-state index contributed by atoms with van der Waals surface area (Å²) in [6.07, 6.45) is 2.32. The maximum atomic E-state index is 6.10. The SMILES string of the molecule is CC1C(N)CCN(CCc2ccsc2)C1C. The van der Waals surface area contributed by atoms with E-state index < -0.39 is 0 Å². The monoisotopic (exact) mass is 238 g/mol. The Morgan fingerprint density at radius 1 is 1.50 bits per heavy atom. The van der Waals surface area contributed by atoms with Crippen LogP contribution in [0.5, 0.6) is 0 Å². The highest BCUT2D eigenvalue weighted by Crippen LogP contribution is 2.22. The molecule has 0 aromatic carbocycles. The normalized spacial score (nSPS) is 31.8. The van der Waals surface area contributed by atoms with Gasteiger partial charge in [0.15, 0.2) is 0 Å².